The zero-order valence-electron chi connectivity index (χ0n) is 14.2. The Kier molecular flexibility index (Phi) is 5.00. The van der Waals surface area contributed by atoms with Crippen LogP contribution in [0.4, 0.5) is 5.69 Å². The van der Waals surface area contributed by atoms with Gasteiger partial charge in [0.1, 0.15) is 5.75 Å². The van der Waals surface area contributed by atoms with Gasteiger partial charge in [0.15, 0.2) is 0 Å². The standard InChI is InChI=1S/C18H23NO3S/c1-12(2)15-6-8-16(9-7-15)19-23(20,21)18-11-10-17(22-5)13(3)14(18)4/h6-12,19H,1-5H3. The maximum atomic E-state index is 12.6. The molecule has 4 nitrogen and oxygen atoms in total. The second kappa shape index (κ2) is 6.62. The van der Waals surface area contributed by atoms with E-state index in [1.54, 1.807) is 38.3 Å². The molecule has 2 rings (SSSR count). The molecule has 0 aromatic heterocycles. The Labute approximate surface area is 138 Å². The molecule has 23 heavy (non-hydrogen) atoms. The number of anilines is 1. The average Bonchev–Trinajstić information content (AvgIpc) is 2.49. The Morgan fingerprint density at radius 3 is 2.09 bits per heavy atom. The summed E-state index contributed by atoms with van der Waals surface area (Å²) >= 11 is 0. The van der Waals surface area contributed by atoms with Gasteiger partial charge in [0, 0.05) is 5.69 Å². The van der Waals surface area contributed by atoms with Crippen LogP contribution in [-0.2, 0) is 10.0 Å². The van der Waals surface area contributed by atoms with Crippen LogP contribution in [-0.4, -0.2) is 15.5 Å². The van der Waals surface area contributed by atoms with E-state index in [-0.39, 0.29) is 4.90 Å². The molecule has 0 amide bonds. The predicted octanol–water partition coefficient (Wildman–Crippen LogP) is 4.24. The monoisotopic (exact) mass is 333 g/mol. The van der Waals surface area contributed by atoms with Gasteiger partial charge in [-0.2, -0.15) is 0 Å². The summed E-state index contributed by atoms with van der Waals surface area (Å²) in [5.41, 5.74) is 3.24. The topological polar surface area (TPSA) is 55.4 Å². The molecule has 0 radical (unpaired) electrons. The highest BCUT2D eigenvalue weighted by atomic mass is 32.2. The fourth-order valence-electron chi connectivity index (χ4n) is 2.43. The predicted molar refractivity (Wildman–Crippen MR) is 93.8 cm³/mol. The van der Waals surface area contributed by atoms with Gasteiger partial charge in [0.05, 0.1) is 12.0 Å². The van der Waals surface area contributed by atoms with Crippen molar-refractivity contribution < 1.29 is 13.2 Å². The van der Waals surface area contributed by atoms with Crippen LogP contribution in [0.5, 0.6) is 5.75 Å². The molecule has 124 valence electrons. The van der Waals surface area contributed by atoms with Gasteiger partial charge >= 0.3 is 0 Å². The van der Waals surface area contributed by atoms with Gasteiger partial charge < -0.3 is 4.74 Å². The molecule has 0 aliphatic rings. The summed E-state index contributed by atoms with van der Waals surface area (Å²) in [5.74, 6) is 1.09. The third kappa shape index (κ3) is 3.67. The summed E-state index contributed by atoms with van der Waals surface area (Å²) in [7, 11) is -2.06. The number of methoxy groups -OCH3 is 1. The molecular weight excluding hydrogens is 310 g/mol. The van der Waals surface area contributed by atoms with Crippen molar-refractivity contribution in [3.8, 4) is 5.75 Å². The molecule has 0 saturated carbocycles. The second-order valence-electron chi connectivity index (χ2n) is 5.90. The number of ether oxygens (including phenoxy) is 1. The third-order valence-corrected chi connectivity index (χ3v) is 5.55. The Hall–Kier alpha value is -2.01. The summed E-state index contributed by atoms with van der Waals surface area (Å²) in [5, 5.41) is 0. The van der Waals surface area contributed by atoms with Crippen molar-refractivity contribution in [2.24, 2.45) is 0 Å². The minimum absolute atomic E-state index is 0.267. The van der Waals surface area contributed by atoms with Crippen molar-refractivity contribution in [1.29, 1.82) is 0 Å². The number of rotatable bonds is 5. The first kappa shape index (κ1) is 17.3. The van der Waals surface area contributed by atoms with E-state index in [2.05, 4.69) is 18.6 Å². The van der Waals surface area contributed by atoms with E-state index in [0.29, 0.717) is 22.9 Å². The van der Waals surface area contributed by atoms with Crippen molar-refractivity contribution in [2.45, 2.75) is 38.5 Å². The summed E-state index contributed by atoms with van der Waals surface area (Å²) < 4.78 is 33.2. The number of sulfonamides is 1. The van der Waals surface area contributed by atoms with Gasteiger partial charge in [0.25, 0.3) is 10.0 Å². The SMILES string of the molecule is COc1ccc(S(=O)(=O)Nc2ccc(C(C)C)cc2)c(C)c1C. The van der Waals surface area contributed by atoms with Crippen LogP contribution >= 0.6 is 0 Å². The van der Waals surface area contributed by atoms with Crippen molar-refractivity contribution in [3.05, 3.63) is 53.1 Å². The van der Waals surface area contributed by atoms with Gasteiger partial charge in [-0.15, -0.1) is 0 Å². The lowest BCUT2D eigenvalue weighted by Crippen LogP contribution is -2.15. The molecule has 0 aliphatic heterocycles. The number of nitrogens with one attached hydrogen (secondary N) is 1. The highest BCUT2D eigenvalue weighted by Crippen LogP contribution is 2.28. The maximum absolute atomic E-state index is 12.6. The van der Waals surface area contributed by atoms with Gasteiger partial charge in [-0.05, 0) is 60.7 Å². The second-order valence-corrected chi connectivity index (χ2v) is 7.55. The summed E-state index contributed by atoms with van der Waals surface area (Å²) in [4.78, 5) is 0.267. The highest BCUT2D eigenvalue weighted by Gasteiger charge is 2.19. The fourth-order valence-corrected chi connectivity index (χ4v) is 3.79. The normalized spacial score (nSPS) is 11.6. The minimum atomic E-state index is -3.63. The molecule has 0 spiro atoms. The van der Waals surface area contributed by atoms with Crippen LogP contribution < -0.4 is 9.46 Å². The Morgan fingerprint density at radius 2 is 1.57 bits per heavy atom. The molecule has 0 atom stereocenters. The van der Waals surface area contributed by atoms with Crippen molar-refractivity contribution in [1.82, 2.24) is 0 Å². The molecule has 2 aromatic carbocycles. The number of hydrogen-bond acceptors (Lipinski definition) is 3. The van der Waals surface area contributed by atoms with Crippen LogP contribution in [0, 0.1) is 13.8 Å². The Morgan fingerprint density at radius 1 is 0.957 bits per heavy atom. The fraction of sp³-hybridized carbons (Fsp3) is 0.333. The van der Waals surface area contributed by atoms with Crippen LogP contribution in [0.2, 0.25) is 0 Å². The molecule has 0 bridgehead atoms. The molecule has 1 N–H and O–H groups in total. The Balaban J connectivity index is 2.34. The van der Waals surface area contributed by atoms with Gasteiger partial charge in [-0.25, -0.2) is 8.42 Å². The zero-order chi connectivity index (χ0) is 17.2. The van der Waals surface area contributed by atoms with Crippen molar-refractivity contribution in [3.63, 3.8) is 0 Å². The molecule has 0 aliphatic carbocycles. The lowest BCUT2D eigenvalue weighted by Gasteiger charge is -2.14. The summed E-state index contributed by atoms with van der Waals surface area (Å²) in [6.45, 7) is 7.84. The van der Waals surface area contributed by atoms with Gasteiger partial charge in [-0.1, -0.05) is 26.0 Å². The van der Waals surface area contributed by atoms with E-state index in [4.69, 9.17) is 4.74 Å². The first-order valence-corrected chi connectivity index (χ1v) is 9.01. The van der Waals surface area contributed by atoms with E-state index in [9.17, 15) is 8.42 Å². The molecule has 0 fully saturated rings. The first-order chi connectivity index (χ1) is 10.8. The average molecular weight is 333 g/mol. The summed E-state index contributed by atoms with van der Waals surface area (Å²) in [6.07, 6.45) is 0. The van der Waals surface area contributed by atoms with E-state index in [1.165, 1.54) is 5.56 Å². The smallest absolute Gasteiger partial charge is 0.262 e. The third-order valence-electron chi connectivity index (χ3n) is 4.03. The molecule has 5 heteroatoms. The molecule has 0 unspecified atom stereocenters. The van der Waals surface area contributed by atoms with Crippen molar-refractivity contribution >= 4 is 15.7 Å². The van der Waals surface area contributed by atoms with Gasteiger partial charge in [0.2, 0.25) is 0 Å². The quantitative estimate of drug-likeness (QED) is 0.890. The molecule has 0 heterocycles. The van der Waals surface area contributed by atoms with Crippen LogP contribution in [0.15, 0.2) is 41.3 Å². The van der Waals surface area contributed by atoms with Gasteiger partial charge in [-0.3, -0.25) is 4.72 Å². The highest BCUT2D eigenvalue weighted by molar-refractivity contribution is 7.92. The first-order valence-electron chi connectivity index (χ1n) is 7.53. The molecule has 2 aromatic rings. The van der Waals surface area contributed by atoms with E-state index >= 15 is 0 Å². The van der Waals surface area contributed by atoms with Crippen LogP contribution in [0.25, 0.3) is 0 Å². The van der Waals surface area contributed by atoms with Crippen molar-refractivity contribution in [2.75, 3.05) is 11.8 Å². The van der Waals surface area contributed by atoms with Crippen LogP contribution in [0.3, 0.4) is 0 Å². The van der Waals surface area contributed by atoms with Crippen LogP contribution in [0.1, 0.15) is 36.5 Å². The number of hydrogen-bond donors (Lipinski definition) is 1. The maximum Gasteiger partial charge on any atom is 0.262 e. The minimum Gasteiger partial charge on any atom is -0.496 e. The van der Waals surface area contributed by atoms with E-state index in [1.807, 2.05) is 19.1 Å². The van der Waals surface area contributed by atoms with E-state index in [0.717, 1.165) is 5.56 Å². The molecule has 0 saturated heterocycles. The number of benzene rings is 2. The largest absolute Gasteiger partial charge is 0.496 e. The molecular formula is C18H23NO3S. The lowest BCUT2D eigenvalue weighted by molar-refractivity contribution is 0.411. The lowest BCUT2D eigenvalue weighted by atomic mass is 10.0. The van der Waals surface area contributed by atoms with E-state index < -0.39 is 10.0 Å². The summed E-state index contributed by atoms with van der Waals surface area (Å²) in [6, 6.07) is 10.7. The Bertz CT molecular complexity index is 794. The zero-order valence-corrected chi connectivity index (χ0v) is 15.0.